The van der Waals surface area contributed by atoms with E-state index in [4.69, 9.17) is 0 Å². The lowest BCUT2D eigenvalue weighted by atomic mass is 10.7. The van der Waals surface area contributed by atoms with E-state index in [1.165, 1.54) is 4.88 Å². The lowest BCUT2D eigenvalue weighted by Gasteiger charge is -1.65. The van der Waals surface area contributed by atoms with E-state index in [0.717, 1.165) is 5.01 Å². The lowest BCUT2D eigenvalue weighted by Crippen LogP contribution is -1.56. The van der Waals surface area contributed by atoms with Crippen molar-refractivity contribution in [2.24, 2.45) is 0 Å². The summed E-state index contributed by atoms with van der Waals surface area (Å²) in [7, 11) is 0. The molecule has 2 nitrogen and oxygen atoms in total. The zero-order valence-electron chi connectivity index (χ0n) is 7.02. The molecular formula is C8H10N2S2. The van der Waals surface area contributed by atoms with Crippen molar-refractivity contribution in [2.75, 3.05) is 0 Å². The van der Waals surface area contributed by atoms with Crippen LogP contribution in [0.25, 0.3) is 0 Å². The van der Waals surface area contributed by atoms with E-state index in [9.17, 15) is 0 Å². The molecule has 0 aliphatic heterocycles. The molecule has 2 heterocycles. The molecule has 0 spiro atoms. The van der Waals surface area contributed by atoms with Crippen LogP contribution in [0, 0.1) is 13.8 Å². The Kier molecular flexibility index (Phi) is 3.90. The highest BCUT2D eigenvalue weighted by atomic mass is 32.1. The zero-order chi connectivity index (χ0) is 8.81. The van der Waals surface area contributed by atoms with Gasteiger partial charge in [-0.1, -0.05) is 0 Å². The van der Waals surface area contributed by atoms with Crippen molar-refractivity contribution in [3.8, 4) is 0 Å². The Hall–Kier alpha value is -0.740. The minimum absolute atomic E-state index is 1.13. The average Bonchev–Trinajstić information content (AvgIpc) is 2.63. The second-order valence-corrected chi connectivity index (χ2v) is 4.35. The molecule has 0 unspecified atom stereocenters. The molecular weight excluding hydrogens is 188 g/mol. The molecule has 0 aliphatic rings. The van der Waals surface area contributed by atoms with Crippen LogP contribution in [0.15, 0.2) is 23.3 Å². The van der Waals surface area contributed by atoms with Crippen LogP contribution in [-0.2, 0) is 0 Å². The molecule has 0 amide bonds. The molecule has 0 bridgehead atoms. The van der Waals surface area contributed by atoms with Gasteiger partial charge in [-0.25, -0.2) is 0 Å². The zero-order valence-corrected chi connectivity index (χ0v) is 8.65. The van der Waals surface area contributed by atoms with Crippen LogP contribution >= 0.6 is 22.7 Å². The molecule has 0 saturated heterocycles. The highest BCUT2D eigenvalue weighted by molar-refractivity contribution is 7.09. The van der Waals surface area contributed by atoms with Crippen LogP contribution in [0.2, 0.25) is 0 Å². The Bertz CT molecular complexity index is 254. The molecule has 0 fully saturated rings. The number of hydrogen-bond donors (Lipinski definition) is 0. The first-order chi connectivity index (χ1) is 5.79. The first-order valence-corrected chi connectivity index (χ1v) is 5.26. The third kappa shape index (κ3) is 3.59. The molecule has 12 heavy (non-hydrogen) atoms. The third-order valence-electron chi connectivity index (χ3n) is 1.11. The van der Waals surface area contributed by atoms with Crippen LogP contribution in [0.5, 0.6) is 0 Å². The number of aryl methyl sites for hydroxylation is 2. The molecule has 0 saturated carbocycles. The Labute approximate surface area is 79.9 Å². The molecule has 2 aromatic rings. The Morgan fingerprint density at radius 3 is 2.25 bits per heavy atom. The van der Waals surface area contributed by atoms with Crippen molar-refractivity contribution in [1.29, 1.82) is 0 Å². The second-order valence-electron chi connectivity index (χ2n) is 2.16. The Balaban J connectivity index is 0.000000120. The maximum absolute atomic E-state index is 3.94. The van der Waals surface area contributed by atoms with Crippen LogP contribution in [0.1, 0.15) is 9.88 Å². The second kappa shape index (κ2) is 5.00. The third-order valence-corrected chi connectivity index (χ3v) is 2.52. The number of aromatic nitrogens is 2. The first kappa shape index (κ1) is 9.35. The van der Waals surface area contributed by atoms with E-state index in [2.05, 4.69) is 9.97 Å². The van der Waals surface area contributed by atoms with Gasteiger partial charge in [-0.2, -0.15) is 0 Å². The van der Waals surface area contributed by atoms with Gasteiger partial charge in [0.05, 0.1) is 10.5 Å². The summed E-state index contributed by atoms with van der Waals surface area (Å²) >= 11 is 3.33. The highest BCUT2D eigenvalue weighted by Crippen LogP contribution is 1.99. The van der Waals surface area contributed by atoms with Crippen LogP contribution in [0.4, 0.5) is 0 Å². The minimum atomic E-state index is 1.13. The molecule has 0 radical (unpaired) electrons. The monoisotopic (exact) mass is 198 g/mol. The predicted molar refractivity (Wildman–Crippen MR) is 53.7 cm³/mol. The fraction of sp³-hybridized carbons (Fsp3) is 0.250. The molecule has 2 aromatic heterocycles. The van der Waals surface area contributed by atoms with Gasteiger partial charge in [-0.05, 0) is 13.8 Å². The van der Waals surface area contributed by atoms with E-state index in [0.29, 0.717) is 0 Å². The van der Waals surface area contributed by atoms with Crippen molar-refractivity contribution < 1.29 is 0 Å². The van der Waals surface area contributed by atoms with Gasteiger partial charge in [0.2, 0.25) is 0 Å². The van der Waals surface area contributed by atoms with Crippen molar-refractivity contribution in [1.82, 2.24) is 9.97 Å². The summed E-state index contributed by atoms with van der Waals surface area (Å²) in [6, 6.07) is 0. The Morgan fingerprint density at radius 2 is 2.08 bits per heavy atom. The smallest absolute Gasteiger partial charge is 0.0893 e. The fourth-order valence-electron chi connectivity index (χ4n) is 0.574. The highest BCUT2D eigenvalue weighted by Gasteiger charge is 1.76. The van der Waals surface area contributed by atoms with E-state index < -0.39 is 0 Å². The maximum Gasteiger partial charge on any atom is 0.0893 e. The van der Waals surface area contributed by atoms with E-state index in [1.807, 2.05) is 30.9 Å². The van der Waals surface area contributed by atoms with Crippen LogP contribution in [-0.4, -0.2) is 9.97 Å². The topological polar surface area (TPSA) is 25.8 Å². The molecule has 4 heteroatoms. The summed E-state index contributed by atoms with van der Waals surface area (Å²) < 4.78 is 0. The van der Waals surface area contributed by atoms with Gasteiger partial charge in [0.1, 0.15) is 0 Å². The van der Waals surface area contributed by atoms with Crippen molar-refractivity contribution >= 4 is 22.7 Å². The quantitative estimate of drug-likeness (QED) is 0.650. The summed E-state index contributed by atoms with van der Waals surface area (Å²) in [4.78, 5) is 9.05. The standard InChI is InChI=1S/2C4H5NS/c1-4-2-5-3-6-4;1-4-5-2-3-6-4/h2*2-3H,1H3. The lowest BCUT2D eigenvalue weighted by molar-refractivity contribution is 1.30. The van der Waals surface area contributed by atoms with E-state index >= 15 is 0 Å². The van der Waals surface area contributed by atoms with Gasteiger partial charge in [0, 0.05) is 22.7 Å². The van der Waals surface area contributed by atoms with E-state index in [1.54, 1.807) is 28.9 Å². The Morgan fingerprint density at radius 1 is 1.25 bits per heavy atom. The number of hydrogen-bond acceptors (Lipinski definition) is 4. The summed E-state index contributed by atoms with van der Waals surface area (Å²) in [5.74, 6) is 0. The SMILES string of the molecule is Cc1cncs1.Cc1nccs1. The molecule has 0 atom stereocenters. The van der Waals surface area contributed by atoms with E-state index in [-0.39, 0.29) is 0 Å². The number of thiazole rings is 2. The summed E-state index contributed by atoms with van der Waals surface area (Å²) in [5.41, 5.74) is 1.83. The fourth-order valence-corrected chi connectivity index (χ4v) is 1.42. The van der Waals surface area contributed by atoms with Gasteiger partial charge in [-0.15, -0.1) is 22.7 Å². The van der Waals surface area contributed by atoms with Crippen molar-refractivity contribution in [3.63, 3.8) is 0 Å². The van der Waals surface area contributed by atoms with Crippen LogP contribution < -0.4 is 0 Å². The largest absolute Gasteiger partial charge is 0.253 e. The van der Waals surface area contributed by atoms with Gasteiger partial charge in [0.15, 0.2) is 0 Å². The molecule has 0 aromatic carbocycles. The van der Waals surface area contributed by atoms with Gasteiger partial charge in [0.25, 0.3) is 0 Å². The minimum Gasteiger partial charge on any atom is -0.253 e. The van der Waals surface area contributed by atoms with Crippen LogP contribution in [0.3, 0.4) is 0 Å². The van der Waals surface area contributed by atoms with Gasteiger partial charge >= 0.3 is 0 Å². The maximum atomic E-state index is 3.94. The van der Waals surface area contributed by atoms with Gasteiger partial charge < -0.3 is 0 Å². The molecule has 0 N–H and O–H groups in total. The summed E-state index contributed by atoms with van der Waals surface area (Å²) in [6.07, 6.45) is 3.66. The van der Waals surface area contributed by atoms with Crippen molar-refractivity contribution in [3.05, 3.63) is 33.2 Å². The number of nitrogens with zero attached hydrogens (tertiary/aromatic N) is 2. The first-order valence-electron chi connectivity index (χ1n) is 3.50. The summed E-state index contributed by atoms with van der Waals surface area (Å²) in [5, 5.41) is 3.10. The molecule has 64 valence electrons. The predicted octanol–water partition coefficient (Wildman–Crippen LogP) is 2.90. The van der Waals surface area contributed by atoms with Crippen molar-refractivity contribution in [2.45, 2.75) is 13.8 Å². The number of rotatable bonds is 0. The van der Waals surface area contributed by atoms with Gasteiger partial charge in [-0.3, -0.25) is 9.97 Å². The average molecular weight is 198 g/mol. The summed E-state index contributed by atoms with van der Waals surface area (Å²) in [6.45, 7) is 4.03. The normalized spacial score (nSPS) is 8.83. The molecule has 2 rings (SSSR count). The molecule has 0 aliphatic carbocycles.